The minimum Gasteiger partial charge on any atom is -0.495 e. The molecule has 2 amide bonds. The van der Waals surface area contributed by atoms with Gasteiger partial charge in [0.1, 0.15) is 5.75 Å². The highest BCUT2D eigenvalue weighted by atomic mass is 35.5. The van der Waals surface area contributed by atoms with E-state index in [-0.39, 0.29) is 0 Å². The zero-order chi connectivity index (χ0) is 11.4. The van der Waals surface area contributed by atoms with Gasteiger partial charge in [0, 0.05) is 13.6 Å². The third-order valence-corrected chi connectivity index (χ3v) is 2.31. The van der Waals surface area contributed by atoms with Crippen LogP contribution in [-0.2, 0) is 6.54 Å². The molecule has 15 heavy (non-hydrogen) atoms. The number of ether oxygens (including phenoxy) is 1. The molecule has 4 nitrogen and oxygen atoms in total. The van der Waals surface area contributed by atoms with E-state index in [1.54, 1.807) is 26.3 Å². The molecule has 0 radical (unpaired) electrons. The molecule has 1 aromatic rings. The number of hydrogen-bond donors (Lipinski definition) is 1. The summed E-state index contributed by atoms with van der Waals surface area (Å²) < 4.78 is 5.02. The molecule has 5 heteroatoms. The Hall–Kier alpha value is -1.42. The first-order valence-electron chi connectivity index (χ1n) is 4.37. The monoisotopic (exact) mass is 228 g/mol. The molecule has 1 aromatic carbocycles. The number of nitrogens with zero attached hydrogens (tertiary/aromatic N) is 1. The number of primary amides is 1. The van der Waals surface area contributed by atoms with Crippen LogP contribution in [0.25, 0.3) is 0 Å². The van der Waals surface area contributed by atoms with Gasteiger partial charge in [0.25, 0.3) is 0 Å². The molecule has 0 fully saturated rings. The number of benzene rings is 1. The molecule has 0 atom stereocenters. The van der Waals surface area contributed by atoms with E-state index >= 15 is 0 Å². The summed E-state index contributed by atoms with van der Waals surface area (Å²) in [6.45, 7) is 0.430. The Bertz CT molecular complexity index is 368. The van der Waals surface area contributed by atoms with E-state index in [2.05, 4.69) is 0 Å². The molecule has 0 saturated carbocycles. The number of rotatable bonds is 3. The highest BCUT2D eigenvalue weighted by molar-refractivity contribution is 6.32. The van der Waals surface area contributed by atoms with Crippen LogP contribution in [0.3, 0.4) is 0 Å². The molecule has 0 bridgehead atoms. The average molecular weight is 229 g/mol. The molecule has 0 unspecified atom stereocenters. The van der Waals surface area contributed by atoms with Crippen molar-refractivity contribution in [2.24, 2.45) is 5.73 Å². The first-order valence-corrected chi connectivity index (χ1v) is 4.75. The number of amides is 2. The molecule has 2 N–H and O–H groups in total. The molecule has 0 heterocycles. The number of methoxy groups -OCH3 is 1. The van der Waals surface area contributed by atoms with Crippen LogP contribution in [0.2, 0.25) is 5.02 Å². The topological polar surface area (TPSA) is 55.6 Å². The van der Waals surface area contributed by atoms with Crippen LogP contribution in [0.15, 0.2) is 18.2 Å². The molecular weight excluding hydrogens is 216 g/mol. The third-order valence-electron chi connectivity index (χ3n) is 2.01. The number of nitrogens with two attached hydrogens (primary N) is 1. The maximum Gasteiger partial charge on any atom is 0.314 e. The Balaban J connectivity index is 2.79. The van der Waals surface area contributed by atoms with Crippen molar-refractivity contribution in [3.05, 3.63) is 28.8 Å². The van der Waals surface area contributed by atoms with Crippen molar-refractivity contribution in [3.63, 3.8) is 0 Å². The zero-order valence-electron chi connectivity index (χ0n) is 8.66. The van der Waals surface area contributed by atoms with Gasteiger partial charge in [-0.3, -0.25) is 0 Å². The molecule has 0 aliphatic heterocycles. The molecule has 0 aromatic heterocycles. The lowest BCUT2D eigenvalue weighted by molar-refractivity contribution is 0.216. The fraction of sp³-hybridized carbons (Fsp3) is 0.300. The van der Waals surface area contributed by atoms with Gasteiger partial charge < -0.3 is 15.4 Å². The van der Waals surface area contributed by atoms with E-state index in [4.69, 9.17) is 22.1 Å². The van der Waals surface area contributed by atoms with Crippen LogP contribution in [0.5, 0.6) is 5.75 Å². The minimum atomic E-state index is -0.470. The van der Waals surface area contributed by atoms with Crippen molar-refractivity contribution in [1.29, 1.82) is 0 Å². The van der Waals surface area contributed by atoms with Gasteiger partial charge in [0.05, 0.1) is 12.1 Å². The van der Waals surface area contributed by atoms with Crippen molar-refractivity contribution in [3.8, 4) is 5.75 Å². The van der Waals surface area contributed by atoms with Crippen molar-refractivity contribution in [2.45, 2.75) is 6.54 Å². The molecule has 0 aliphatic rings. The summed E-state index contributed by atoms with van der Waals surface area (Å²) in [6.07, 6.45) is 0. The van der Waals surface area contributed by atoms with E-state index in [1.807, 2.05) is 6.07 Å². The third kappa shape index (κ3) is 3.02. The van der Waals surface area contributed by atoms with E-state index in [0.29, 0.717) is 17.3 Å². The van der Waals surface area contributed by atoms with Gasteiger partial charge in [0.15, 0.2) is 0 Å². The average Bonchev–Trinajstić information content (AvgIpc) is 2.18. The summed E-state index contributed by atoms with van der Waals surface area (Å²) in [6, 6.07) is 4.87. The predicted octanol–water partition coefficient (Wildman–Crippen LogP) is 1.86. The number of halogens is 1. The number of urea groups is 1. The smallest absolute Gasteiger partial charge is 0.314 e. The minimum absolute atomic E-state index is 0.430. The highest BCUT2D eigenvalue weighted by Crippen LogP contribution is 2.25. The van der Waals surface area contributed by atoms with Crippen LogP contribution in [-0.4, -0.2) is 25.1 Å². The van der Waals surface area contributed by atoms with Gasteiger partial charge in [-0.25, -0.2) is 4.79 Å². The summed E-state index contributed by atoms with van der Waals surface area (Å²) in [5.74, 6) is 0.613. The highest BCUT2D eigenvalue weighted by Gasteiger charge is 2.06. The van der Waals surface area contributed by atoms with Gasteiger partial charge in [-0.05, 0) is 17.7 Å². The molecule has 82 valence electrons. The Labute approximate surface area is 93.6 Å². The second kappa shape index (κ2) is 4.89. The van der Waals surface area contributed by atoms with Crippen molar-refractivity contribution in [1.82, 2.24) is 4.90 Å². The van der Waals surface area contributed by atoms with Crippen LogP contribution in [0, 0.1) is 0 Å². The summed E-state index contributed by atoms with van der Waals surface area (Å²) in [5.41, 5.74) is 6.01. The fourth-order valence-corrected chi connectivity index (χ4v) is 1.44. The Kier molecular flexibility index (Phi) is 3.80. The molecular formula is C10H13ClN2O2. The lowest BCUT2D eigenvalue weighted by atomic mass is 10.2. The lowest BCUT2D eigenvalue weighted by Crippen LogP contribution is -2.31. The van der Waals surface area contributed by atoms with E-state index in [1.165, 1.54) is 4.90 Å². The number of carbonyl (C=O) groups is 1. The summed E-state index contributed by atoms with van der Waals surface area (Å²) in [4.78, 5) is 12.2. The van der Waals surface area contributed by atoms with Crippen molar-refractivity contribution >= 4 is 17.6 Å². The van der Waals surface area contributed by atoms with E-state index in [9.17, 15) is 4.79 Å². The maximum atomic E-state index is 10.8. The van der Waals surface area contributed by atoms with Gasteiger partial charge in [-0.2, -0.15) is 0 Å². The van der Waals surface area contributed by atoms with Crippen molar-refractivity contribution in [2.75, 3.05) is 14.2 Å². The van der Waals surface area contributed by atoms with Gasteiger partial charge in [-0.1, -0.05) is 17.7 Å². The van der Waals surface area contributed by atoms with Crippen molar-refractivity contribution < 1.29 is 9.53 Å². The summed E-state index contributed by atoms with van der Waals surface area (Å²) in [7, 11) is 3.18. The number of carbonyl (C=O) groups excluding carboxylic acids is 1. The van der Waals surface area contributed by atoms with Gasteiger partial charge in [-0.15, -0.1) is 0 Å². The second-order valence-electron chi connectivity index (χ2n) is 3.16. The standard InChI is InChI=1S/C10H13ClN2O2/c1-13(10(12)14)6-7-3-4-9(15-2)8(11)5-7/h3-5H,6H2,1-2H3,(H2,12,14). The fourth-order valence-electron chi connectivity index (χ4n) is 1.16. The quantitative estimate of drug-likeness (QED) is 0.859. The molecule has 0 spiro atoms. The normalized spacial score (nSPS) is 9.80. The molecule has 0 saturated heterocycles. The largest absolute Gasteiger partial charge is 0.495 e. The lowest BCUT2D eigenvalue weighted by Gasteiger charge is -2.14. The van der Waals surface area contributed by atoms with Gasteiger partial charge >= 0.3 is 6.03 Å². The Morgan fingerprint density at radius 2 is 2.27 bits per heavy atom. The molecule has 0 aliphatic carbocycles. The SMILES string of the molecule is COc1ccc(CN(C)C(N)=O)cc1Cl. The van der Waals surface area contributed by atoms with Gasteiger partial charge in [0.2, 0.25) is 0 Å². The van der Waals surface area contributed by atoms with E-state index in [0.717, 1.165) is 5.56 Å². The van der Waals surface area contributed by atoms with Crippen LogP contribution >= 0.6 is 11.6 Å². The molecule has 1 rings (SSSR count). The first-order chi connectivity index (χ1) is 7.04. The van der Waals surface area contributed by atoms with Crippen LogP contribution in [0.1, 0.15) is 5.56 Å². The second-order valence-corrected chi connectivity index (χ2v) is 3.57. The van der Waals surface area contributed by atoms with Crippen LogP contribution in [0.4, 0.5) is 4.79 Å². The maximum absolute atomic E-state index is 10.8. The number of hydrogen-bond acceptors (Lipinski definition) is 2. The predicted molar refractivity (Wildman–Crippen MR) is 59.1 cm³/mol. The first kappa shape index (κ1) is 11.7. The Morgan fingerprint density at radius 3 is 2.73 bits per heavy atom. The summed E-state index contributed by atoms with van der Waals surface area (Å²) in [5, 5.41) is 0.521. The zero-order valence-corrected chi connectivity index (χ0v) is 9.41. The summed E-state index contributed by atoms with van der Waals surface area (Å²) >= 11 is 5.93. The Morgan fingerprint density at radius 1 is 1.60 bits per heavy atom. The van der Waals surface area contributed by atoms with E-state index < -0.39 is 6.03 Å². The van der Waals surface area contributed by atoms with Crippen LogP contribution < -0.4 is 10.5 Å².